The molecule has 23 heavy (non-hydrogen) atoms. The van der Waals surface area contributed by atoms with E-state index < -0.39 is 11.9 Å². The number of ether oxygens (including phenoxy) is 2. The Morgan fingerprint density at radius 1 is 0.957 bits per heavy atom. The second-order valence-corrected chi connectivity index (χ2v) is 5.23. The molecule has 0 fully saturated rings. The summed E-state index contributed by atoms with van der Waals surface area (Å²) in [5.41, 5.74) is 1.03. The van der Waals surface area contributed by atoms with Crippen molar-refractivity contribution in [1.29, 1.82) is 0 Å². The van der Waals surface area contributed by atoms with Crippen LogP contribution in [-0.2, 0) is 25.6 Å². The molecule has 0 aliphatic carbocycles. The van der Waals surface area contributed by atoms with Gasteiger partial charge < -0.3 is 19.7 Å². The van der Waals surface area contributed by atoms with Crippen LogP contribution in [-0.4, -0.2) is 66.6 Å². The molecule has 0 amide bonds. The fourth-order valence-electron chi connectivity index (χ4n) is 1.82. The predicted octanol–water partition coefficient (Wildman–Crippen LogP) is 1.34. The summed E-state index contributed by atoms with van der Waals surface area (Å²) in [5, 5.41) is 17.7. The quantitative estimate of drug-likeness (QED) is 0.552. The van der Waals surface area contributed by atoms with Crippen molar-refractivity contribution in [2.75, 3.05) is 39.5 Å². The van der Waals surface area contributed by atoms with Crippen molar-refractivity contribution >= 4 is 23.5 Å². The minimum Gasteiger partial charge on any atom is -0.480 e. The Morgan fingerprint density at radius 2 is 1.43 bits per heavy atom. The van der Waals surface area contributed by atoms with Gasteiger partial charge in [-0.1, -0.05) is 23.7 Å². The van der Waals surface area contributed by atoms with Gasteiger partial charge in [0.15, 0.2) is 0 Å². The molecular formula is C15H20ClNO6. The molecule has 8 heteroatoms. The van der Waals surface area contributed by atoms with E-state index in [1.165, 1.54) is 0 Å². The number of halogens is 1. The van der Waals surface area contributed by atoms with E-state index in [2.05, 4.69) is 0 Å². The van der Waals surface area contributed by atoms with Crippen molar-refractivity contribution in [3.05, 3.63) is 34.9 Å². The maximum Gasteiger partial charge on any atom is 0.329 e. The van der Waals surface area contributed by atoms with Crippen molar-refractivity contribution < 1.29 is 29.3 Å². The predicted molar refractivity (Wildman–Crippen MR) is 83.6 cm³/mol. The third-order valence-corrected chi connectivity index (χ3v) is 3.13. The lowest BCUT2D eigenvalue weighted by Crippen LogP contribution is -2.31. The van der Waals surface area contributed by atoms with Gasteiger partial charge in [-0.3, -0.25) is 4.90 Å². The largest absolute Gasteiger partial charge is 0.480 e. The second kappa shape index (κ2) is 11.0. The van der Waals surface area contributed by atoms with Crippen LogP contribution in [0.25, 0.3) is 0 Å². The first-order valence-electron chi connectivity index (χ1n) is 7.03. The summed E-state index contributed by atoms with van der Waals surface area (Å²) in [6, 6.07) is 7.37. The third kappa shape index (κ3) is 9.85. The van der Waals surface area contributed by atoms with Crippen molar-refractivity contribution in [1.82, 2.24) is 4.90 Å². The third-order valence-electron chi connectivity index (χ3n) is 2.87. The topological polar surface area (TPSA) is 96.3 Å². The molecule has 0 unspecified atom stereocenters. The fourth-order valence-corrected chi connectivity index (χ4v) is 1.95. The van der Waals surface area contributed by atoms with Gasteiger partial charge in [-0.05, 0) is 17.7 Å². The number of carbonyl (C=O) groups is 2. The van der Waals surface area contributed by atoms with Crippen LogP contribution in [0.4, 0.5) is 0 Å². The van der Waals surface area contributed by atoms with Crippen LogP contribution in [0.2, 0.25) is 5.02 Å². The summed E-state index contributed by atoms with van der Waals surface area (Å²) < 4.78 is 10.1. The highest BCUT2D eigenvalue weighted by atomic mass is 35.5. The summed E-state index contributed by atoms with van der Waals surface area (Å²) in [4.78, 5) is 22.8. The lowest BCUT2D eigenvalue weighted by Gasteiger charge is -2.22. The van der Waals surface area contributed by atoms with Crippen molar-refractivity contribution in [2.45, 2.75) is 6.54 Å². The molecule has 1 rings (SSSR count). The van der Waals surface area contributed by atoms with E-state index in [0.717, 1.165) is 5.56 Å². The van der Waals surface area contributed by atoms with E-state index in [1.807, 2.05) is 17.0 Å². The lowest BCUT2D eigenvalue weighted by atomic mass is 10.2. The van der Waals surface area contributed by atoms with E-state index in [9.17, 15) is 9.59 Å². The van der Waals surface area contributed by atoms with Crippen LogP contribution in [0.3, 0.4) is 0 Å². The molecular weight excluding hydrogens is 326 g/mol. The van der Waals surface area contributed by atoms with Crippen molar-refractivity contribution in [3.8, 4) is 0 Å². The average Bonchev–Trinajstić information content (AvgIpc) is 2.49. The van der Waals surface area contributed by atoms with E-state index >= 15 is 0 Å². The van der Waals surface area contributed by atoms with Crippen LogP contribution < -0.4 is 0 Å². The Labute approximate surface area is 139 Å². The molecule has 0 spiro atoms. The highest BCUT2D eigenvalue weighted by Crippen LogP contribution is 2.11. The highest BCUT2D eigenvalue weighted by Gasteiger charge is 2.08. The fraction of sp³-hybridized carbons (Fsp3) is 0.467. The zero-order chi connectivity index (χ0) is 17.1. The first kappa shape index (κ1) is 19.4. The maximum absolute atomic E-state index is 10.4. The molecule has 1 aromatic carbocycles. The molecule has 2 N–H and O–H groups in total. The summed E-state index contributed by atoms with van der Waals surface area (Å²) in [7, 11) is 0. The van der Waals surface area contributed by atoms with Gasteiger partial charge in [0.1, 0.15) is 13.2 Å². The number of benzene rings is 1. The Hall–Kier alpha value is -1.67. The van der Waals surface area contributed by atoms with Crippen molar-refractivity contribution in [3.63, 3.8) is 0 Å². The molecule has 0 bridgehead atoms. The van der Waals surface area contributed by atoms with Gasteiger partial charge in [0.2, 0.25) is 0 Å². The van der Waals surface area contributed by atoms with E-state index in [1.54, 1.807) is 12.1 Å². The molecule has 7 nitrogen and oxygen atoms in total. The second-order valence-electron chi connectivity index (χ2n) is 4.80. The number of carboxylic acid groups (broad SMARTS) is 2. The molecule has 0 radical (unpaired) electrons. The molecule has 0 aliphatic heterocycles. The summed E-state index contributed by atoms with van der Waals surface area (Å²) in [6.07, 6.45) is 0. The van der Waals surface area contributed by atoms with Gasteiger partial charge in [-0.15, -0.1) is 0 Å². The van der Waals surface area contributed by atoms with Crippen LogP contribution in [0, 0.1) is 0 Å². The van der Waals surface area contributed by atoms with Gasteiger partial charge in [-0.2, -0.15) is 0 Å². The van der Waals surface area contributed by atoms with Crippen molar-refractivity contribution in [2.24, 2.45) is 0 Å². The number of carboxylic acids is 2. The molecule has 0 aliphatic rings. The van der Waals surface area contributed by atoms with Gasteiger partial charge in [0.05, 0.1) is 13.2 Å². The number of hydrogen-bond acceptors (Lipinski definition) is 5. The van der Waals surface area contributed by atoms with Gasteiger partial charge in [0.25, 0.3) is 0 Å². The SMILES string of the molecule is O=C(O)COCCN(CCOCC(=O)O)Cc1ccc(Cl)cc1. The Bertz CT molecular complexity index is 471. The summed E-state index contributed by atoms with van der Waals surface area (Å²) in [6.45, 7) is 1.45. The lowest BCUT2D eigenvalue weighted by molar-refractivity contribution is -0.142. The van der Waals surface area contributed by atoms with Gasteiger partial charge >= 0.3 is 11.9 Å². The van der Waals surface area contributed by atoms with Gasteiger partial charge in [-0.25, -0.2) is 9.59 Å². The monoisotopic (exact) mass is 345 g/mol. The first-order chi connectivity index (χ1) is 11.0. The first-order valence-corrected chi connectivity index (χ1v) is 7.41. The Kier molecular flexibility index (Phi) is 9.23. The van der Waals surface area contributed by atoms with Crippen LogP contribution in [0.15, 0.2) is 24.3 Å². The van der Waals surface area contributed by atoms with E-state index in [0.29, 0.717) is 24.7 Å². The molecule has 1 aromatic rings. The van der Waals surface area contributed by atoms with Crippen LogP contribution in [0.5, 0.6) is 0 Å². The maximum atomic E-state index is 10.4. The van der Waals surface area contributed by atoms with Crippen LogP contribution in [0.1, 0.15) is 5.56 Å². The number of nitrogens with zero attached hydrogens (tertiary/aromatic N) is 1. The molecule has 0 atom stereocenters. The molecule has 128 valence electrons. The smallest absolute Gasteiger partial charge is 0.329 e. The normalized spacial score (nSPS) is 10.9. The molecule has 0 heterocycles. The number of hydrogen-bond donors (Lipinski definition) is 2. The molecule has 0 saturated heterocycles. The minimum absolute atomic E-state index is 0.263. The highest BCUT2D eigenvalue weighted by molar-refractivity contribution is 6.30. The molecule has 0 saturated carbocycles. The number of aliphatic carboxylic acids is 2. The standard InChI is InChI=1S/C15H20ClNO6/c16-13-3-1-12(2-4-13)9-17(5-7-22-10-14(18)19)6-8-23-11-15(20)21/h1-4H,5-11H2,(H,18,19)(H,20,21). The average molecular weight is 346 g/mol. The summed E-state index contributed by atoms with van der Waals surface area (Å²) in [5.74, 6) is -2.03. The van der Waals surface area contributed by atoms with E-state index in [4.69, 9.17) is 31.3 Å². The molecule has 0 aromatic heterocycles. The Morgan fingerprint density at radius 3 is 1.87 bits per heavy atom. The van der Waals surface area contributed by atoms with Gasteiger partial charge in [0, 0.05) is 24.7 Å². The van der Waals surface area contributed by atoms with Crippen LogP contribution >= 0.6 is 11.6 Å². The summed E-state index contributed by atoms with van der Waals surface area (Å²) >= 11 is 5.85. The zero-order valence-corrected chi connectivity index (χ0v) is 13.4. The number of rotatable bonds is 12. The zero-order valence-electron chi connectivity index (χ0n) is 12.6. The Balaban J connectivity index is 2.44. The minimum atomic E-state index is -1.01. The van der Waals surface area contributed by atoms with E-state index in [-0.39, 0.29) is 26.4 Å².